The SMILES string of the molecule is Clc1cccc(OCc2ccc(CNC3CC3)cn2)c1Cl. The minimum atomic E-state index is 0.371. The quantitative estimate of drug-likeness (QED) is 0.864. The third-order valence-electron chi connectivity index (χ3n) is 3.35. The van der Waals surface area contributed by atoms with Crippen molar-refractivity contribution in [2.45, 2.75) is 32.0 Å². The van der Waals surface area contributed by atoms with E-state index in [0.29, 0.717) is 28.4 Å². The van der Waals surface area contributed by atoms with Gasteiger partial charge in [0, 0.05) is 18.8 Å². The number of pyridine rings is 1. The molecule has 1 N–H and O–H groups in total. The average Bonchev–Trinajstić information content (AvgIpc) is 3.32. The van der Waals surface area contributed by atoms with Crippen LogP contribution in [-0.4, -0.2) is 11.0 Å². The summed E-state index contributed by atoms with van der Waals surface area (Å²) in [4.78, 5) is 4.40. The van der Waals surface area contributed by atoms with Crippen LogP contribution in [0.4, 0.5) is 0 Å². The molecule has 3 rings (SSSR count). The molecule has 0 atom stereocenters. The molecular formula is C16H16Cl2N2O. The van der Waals surface area contributed by atoms with Gasteiger partial charge in [0.05, 0.1) is 10.7 Å². The van der Waals surface area contributed by atoms with E-state index in [1.165, 1.54) is 18.4 Å². The molecule has 3 nitrogen and oxygen atoms in total. The van der Waals surface area contributed by atoms with Crippen LogP contribution >= 0.6 is 23.2 Å². The van der Waals surface area contributed by atoms with Crippen LogP contribution in [-0.2, 0) is 13.2 Å². The molecule has 0 amide bonds. The highest BCUT2D eigenvalue weighted by Gasteiger charge is 2.19. The lowest BCUT2D eigenvalue weighted by Gasteiger charge is -2.09. The van der Waals surface area contributed by atoms with Crippen LogP contribution in [0.5, 0.6) is 5.75 Å². The molecule has 0 unspecified atom stereocenters. The zero-order chi connectivity index (χ0) is 14.7. The Morgan fingerprint density at radius 3 is 2.76 bits per heavy atom. The molecule has 1 fully saturated rings. The lowest BCUT2D eigenvalue weighted by molar-refractivity contribution is 0.301. The van der Waals surface area contributed by atoms with Gasteiger partial charge in [-0.2, -0.15) is 0 Å². The highest BCUT2D eigenvalue weighted by molar-refractivity contribution is 6.42. The number of hydrogen-bond acceptors (Lipinski definition) is 3. The Bertz CT molecular complexity index is 612. The van der Waals surface area contributed by atoms with E-state index < -0.39 is 0 Å². The van der Waals surface area contributed by atoms with E-state index in [9.17, 15) is 0 Å². The van der Waals surface area contributed by atoms with E-state index in [2.05, 4.69) is 16.4 Å². The Kier molecular flexibility index (Phi) is 4.63. The van der Waals surface area contributed by atoms with Crippen molar-refractivity contribution >= 4 is 23.2 Å². The number of hydrogen-bond donors (Lipinski definition) is 1. The van der Waals surface area contributed by atoms with Crippen molar-refractivity contribution in [3.8, 4) is 5.75 Å². The molecule has 5 heteroatoms. The van der Waals surface area contributed by atoms with Gasteiger partial charge in [-0.25, -0.2) is 0 Å². The van der Waals surface area contributed by atoms with Crippen LogP contribution in [0.2, 0.25) is 10.0 Å². The number of rotatable bonds is 6. The number of aromatic nitrogens is 1. The van der Waals surface area contributed by atoms with Crippen LogP contribution in [0.25, 0.3) is 0 Å². The van der Waals surface area contributed by atoms with Gasteiger partial charge in [0.2, 0.25) is 0 Å². The molecule has 1 aliphatic rings. The number of ether oxygens (including phenoxy) is 1. The maximum absolute atomic E-state index is 6.08. The van der Waals surface area contributed by atoms with Gasteiger partial charge < -0.3 is 10.1 Å². The van der Waals surface area contributed by atoms with Crippen LogP contribution in [0.1, 0.15) is 24.1 Å². The fourth-order valence-electron chi connectivity index (χ4n) is 1.94. The van der Waals surface area contributed by atoms with Gasteiger partial charge in [-0.3, -0.25) is 4.98 Å². The van der Waals surface area contributed by atoms with Crippen LogP contribution in [0.15, 0.2) is 36.5 Å². The summed E-state index contributed by atoms with van der Waals surface area (Å²) in [5.41, 5.74) is 2.05. The molecule has 1 aliphatic carbocycles. The summed E-state index contributed by atoms with van der Waals surface area (Å²) in [6.45, 7) is 1.25. The topological polar surface area (TPSA) is 34.1 Å². The van der Waals surface area contributed by atoms with E-state index >= 15 is 0 Å². The molecule has 1 saturated carbocycles. The summed E-state index contributed by atoms with van der Waals surface area (Å²) in [7, 11) is 0. The zero-order valence-electron chi connectivity index (χ0n) is 11.5. The van der Waals surface area contributed by atoms with Gasteiger partial charge in [-0.1, -0.05) is 35.3 Å². The van der Waals surface area contributed by atoms with Crippen molar-refractivity contribution < 1.29 is 4.74 Å². The molecule has 21 heavy (non-hydrogen) atoms. The Labute approximate surface area is 134 Å². The summed E-state index contributed by atoms with van der Waals surface area (Å²) < 4.78 is 5.66. The normalized spacial score (nSPS) is 14.2. The number of halogens is 2. The van der Waals surface area contributed by atoms with Crippen molar-refractivity contribution in [3.63, 3.8) is 0 Å². The largest absolute Gasteiger partial charge is 0.486 e. The highest BCUT2D eigenvalue weighted by Crippen LogP contribution is 2.31. The van der Waals surface area contributed by atoms with E-state index in [0.717, 1.165) is 12.2 Å². The summed E-state index contributed by atoms with van der Waals surface area (Å²) in [6, 6.07) is 10.1. The van der Waals surface area contributed by atoms with Gasteiger partial charge in [0.1, 0.15) is 17.4 Å². The summed E-state index contributed by atoms with van der Waals surface area (Å²) in [5, 5.41) is 4.38. The molecule has 2 aromatic rings. The lowest BCUT2D eigenvalue weighted by atomic mass is 10.2. The van der Waals surface area contributed by atoms with Gasteiger partial charge in [-0.05, 0) is 36.6 Å². The number of benzene rings is 1. The van der Waals surface area contributed by atoms with E-state index in [-0.39, 0.29) is 0 Å². The first-order valence-electron chi connectivity index (χ1n) is 6.96. The molecule has 0 saturated heterocycles. The van der Waals surface area contributed by atoms with Gasteiger partial charge in [0.25, 0.3) is 0 Å². The molecule has 1 heterocycles. The summed E-state index contributed by atoms with van der Waals surface area (Å²) in [6.07, 6.45) is 4.47. The second-order valence-corrected chi connectivity index (χ2v) is 5.94. The molecule has 1 aromatic heterocycles. The molecule has 0 bridgehead atoms. The first-order chi connectivity index (χ1) is 10.2. The van der Waals surface area contributed by atoms with Gasteiger partial charge >= 0.3 is 0 Å². The second-order valence-electron chi connectivity index (χ2n) is 5.15. The molecule has 0 radical (unpaired) electrons. The highest BCUT2D eigenvalue weighted by atomic mass is 35.5. The van der Waals surface area contributed by atoms with Crippen LogP contribution in [0.3, 0.4) is 0 Å². The van der Waals surface area contributed by atoms with E-state index in [1.54, 1.807) is 12.1 Å². The Morgan fingerprint density at radius 1 is 1.19 bits per heavy atom. The van der Waals surface area contributed by atoms with Crippen LogP contribution < -0.4 is 10.1 Å². The predicted molar refractivity (Wildman–Crippen MR) is 84.9 cm³/mol. The van der Waals surface area contributed by atoms with E-state index in [1.807, 2.05) is 18.3 Å². The zero-order valence-corrected chi connectivity index (χ0v) is 13.0. The minimum absolute atomic E-state index is 0.371. The third-order valence-corrected chi connectivity index (χ3v) is 4.15. The summed E-state index contributed by atoms with van der Waals surface area (Å²) >= 11 is 12.0. The molecule has 110 valence electrons. The minimum Gasteiger partial charge on any atom is -0.486 e. The first kappa shape index (κ1) is 14.6. The van der Waals surface area contributed by atoms with Gasteiger partial charge in [-0.15, -0.1) is 0 Å². The van der Waals surface area contributed by atoms with Crippen molar-refractivity contribution in [3.05, 3.63) is 57.8 Å². The maximum Gasteiger partial charge on any atom is 0.140 e. The second kappa shape index (κ2) is 6.65. The van der Waals surface area contributed by atoms with Crippen molar-refractivity contribution in [1.29, 1.82) is 0 Å². The predicted octanol–water partition coefficient (Wildman–Crippen LogP) is 4.22. The van der Waals surface area contributed by atoms with Crippen LogP contribution in [0, 0.1) is 0 Å². The third kappa shape index (κ3) is 4.10. The first-order valence-corrected chi connectivity index (χ1v) is 7.72. The van der Waals surface area contributed by atoms with Crippen molar-refractivity contribution in [2.24, 2.45) is 0 Å². The molecular weight excluding hydrogens is 307 g/mol. The standard InChI is InChI=1S/C16H16Cl2N2O/c17-14-2-1-3-15(16(14)18)21-10-13-5-4-11(9-20-13)8-19-12-6-7-12/h1-5,9,12,19H,6-8,10H2. The van der Waals surface area contributed by atoms with E-state index in [4.69, 9.17) is 27.9 Å². The molecule has 1 aromatic carbocycles. The number of nitrogens with zero attached hydrogens (tertiary/aromatic N) is 1. The molecule has 0 spiro atoms. The fraction of sp³-hybridized carbons (Fsp3) is 0.312. The maximum atomic E-state index is 6.08. The van der Waals surface area contributed by atoms with Gasteiger partial charge in [0.15, 0.2) is 0 Å². The lowest BCUT2D eigenvalue weighted by Crippen LogP contribution is -2.15. The fourth-order valence-corrected chi connectivity index (χ4v) is 2.29. The van der Waals surface area contributed by atoms with Crippen molar-refractivity contribution in [1.82, 2.24) is 10.3 Å². The summed E-state index contributed by atoms with van der Waals surface area (Å²) in [5.74, 6) is 0.574. The average molecular weight is 323 g/mol. The Morgan fingerprint density at radius 2 is 2.05 bits per heavy atom. The number of nitrogens with one attached hydrogen (secondary N) is 1. The van der Waals surface area contributed by atoms with Crippen molar-refractivity contribution in [2.75, 3.05) is 0 Å². The smallest absolute Gasteiger partial charge is 0.140 e. The Hall–Kier alpha value is -1.29. The monoisotopic (exact) mass is 322 g/mol. The Balaban J connectivity index is 1.56. The molecule has 0 aliphatic heterocycles.